The third-order valence-electron chi connectivity index (χ3n) is 3.86. The molecule has 0 bridgehead atoms. The summed E-state index contributed by atoms with van der Waals surface area (Å²) < 4.78 is 4.69. The van der Waals surface area contributed by atoms with Gasteiger partial charge in [0.15, 0.2) is 0 Å². The van der Waals surface area contributed by atoms with E-state index in [4.69, 9.17) is 0 Å². The van der Waals surface area contributed by atoms with E-state index in [1.54, 1.807) is 11.9 Å². The van der Waals surface area contributed by atoms with Crippen LogP contribution in [0.25, 0.3) is 0 Å². The average molecular weight is 305 g/mol. The highest BCUT2D eigenvalue weighted by molar-refractivity contribution is 6.05. The molecule has 1 saturated heterocycles. The van der Waals surface area contributed by atoms with Crippen molar-refractivity contribution in [3.05, 3.63) is 29.6 Å². The van der Waals surface area contributed by atoms with Crippen LogP contribution in [-0.2, 0) is 9.53 Å². The molecule has 1 aliphatic heterocycles. The maximum Gasteiger partial charge on any atom is 0.338 e. The molecule has 1 fully saturated rings. The fourth-order valence-corrected chi connectivity index (χ4v) is 2.57. The lowest BCUT2D eigenvalue weighted by molar-refractivity contribution is -0.125. The second-order valence-electron chi connectivity index (χ2n) is 5.09. The van der Waals surface area contributed by atoms with Gasteiger partial charge in [-0.1, -0.05) is 0 Å². The van der Waals surface area contributed by atoms with Gasteiger partial charge >= 0.3 is 5.97 Å². The topological polar surface area (TPSA) is 88.6 Å². The number of piperidine rings is 1. The van der Waals surface area contributed by atoms with Gasteiger partial charge in [0.25, 0.3) is 5.91 Å². The lowest BCUT2D eigenvalue weighted by Gasteiger charge is -2.31. The Bertz CT molecular complexity index is 580. The first kappa shape index (κ1) is 15.9. The lowest BCUT2D eigenvalue weighted by Crippen LogP contribution is -2.42. The van der Waals surface area contributed by atoms with Gasteiger partial charge in [-0.15, -0.1) is 0 Å². The zero-order chi connectivity index (χ0) is 16.1. The summed E-state index contributed by atoms with van der Waals surface area (Å²) in [5.41, 5.74) is 0.434. The quantitative estimate of drug-likeness (QED) is 0.820. The number of nitrogens with zero attached hydrogens (tertiary/aromatic N) is 2. The molecule has 1 aromatic heterocycles. The Labute approximate surface area is 128 Å². The van der Waals surface area contributed by atoms with Crippen LogP contribution in [0.5, 0.6) is 0 Å². The molecule has 7 nitrogen and oxygen atoms in total. The molecule has 0 atom stereocenters. The van der Waals surface area contributed by atoms with E-state index in [0.29, 0.717) is 25.9 Å². The first-order chi connectivity index (χ1) is 10.6. The van der Waals surface area contributed by atoms with Crippen molar-refractivity contribution in [1.29, 1.82) is 0 Å². The third-order valence-corrected chi connectivity index (χ3v) is 3.86. The van der Waals surface area contributed by atoms with E-state index < -0.39 is 5.97 Å². The standard InChI is InChI=1S/C15H19N3O4/c1-16-13(19)10-4-7-18(8-5-10)14(20)12-9-17-6-3-11(12)15(21)22-2/h3,6,9-10H,4-5,7-8H2,1-2H3,(H,16,19). The number of nitrogens with one attached hydrogen (secondary N) is 1. The summed E-state index contributed by atoms with van der Waals surface area (Å²) in [7, 11) is 2.88. The van der Waals surface area contributed by atoms with Crippen molar-refractivity contribution >= 4 is 17.8 Å². The Morgan fingerprint density at radius 2 is 1.95 bits per heavy atom. The largest absolute Gasteiger partial charge is 0.465 e. The maximum absolute atomic E-state index is 12.6. The summed E-state index contributed by atoms with van der Waals surface area (Å²) >= 11 is 0. The predicted molar refractivity (Wildman–Crippen MR) is 78.3 cm³/mol. The van der Waals surface area contributed by atoms with Crippen molar-refractivity contribution in [3.63, 3.8) is 0 Å². The number of methoxy groups -OCH3 is 1. The van der Waals surface area contributed by atoms with Crippen molar-refractivity contribution < 1.29 is 19.1 Å². The molecule has 0 aromatic carbocycles. The fourth-order valence-electron chi connectivity index (χ4n) is 2.57. The van der Waals surface area contributed by atoms with Gasteiger partial charge in [-0.3, -0.25) is 14.6 Å². The van der Waals surface area contributed by atoms with Gasteiger partial charge < -0.3 is 15.0 Å². The van der Waals surface area contributed by atoms with Gasteiger partial charge in [0.05, 0.1) is 18.2 Å². The Hall–Kier alpha value is -2.44. The van der Waals surface area contributed by atoms with Crippen molar-refractivity contribution in [2.24, 2.45) is 5.92 Å². The second kappa shape index (κ2) is 7.02. The first-order valence-electron chi connectivity index (χ1n) is 7.11. The van der Waals surface area contributed by atoms with Crippen LogP contribution in [0, 0.1) is 5.92 Å². The average Bonchev–Trinajstić information content (AvgIpc) is 2.59. The molecular weight excluding hydrogens is 286 g/mol. The monoisotopic (exact) mass is 305 g/mol. The highest BCUT2D eigenvalue weighted by Crippen LogP contribution is 2.20. The minimum Gasteiger partial charge on any atom is -0.465 e. The van der Waals surface area contributed by atoms with Crippen LogP contribution in [0.3, 0.4) is 0 Å². The number of likely N-dealkylation sites (tertiary alicyclic amines) is 1. The zero-order valence-electron chi connectivity index (χ0n) is 12.7. The fraction of sp³-hybridized carbons (Fsp3) is 0.467. The molecular formula is C15H19N3O4. The molecule has 2 heterocycles. The van der Waals surface area contributed by atoms with Crippen LogP contribution in [0.4, 0.5) is 0 Å². The van der Waals surface area contributed by atoms with Crippen molar-refractivity contribution in [3.8, 4) is 0 Å². The highest BCUT2D eigenvalue weighted by atomic mass is 16.5. The van der Waals surface area contributed by atoms with Crippen LogP contribution in [0.1, 0.15) is 33.6 Å². The summed E-state index contributed by atoms with van der Waals surface area (Å²) in [5.74, 6) is -0.887. The molecule has 118 valence electrons. The summed E-state index contributed by atoms with van der Waals surface area (Å²) in [4.78, 5) is 41.5. The van der Waals surface area contributed by atoms with Crippen LogP contribution < -0.4 is 5.32 Å². The van der Waals surface area contributed by atoms with E-state index in [1.807, 2.05) is 0 Å². The molecule has 2 rings (SSSR count). The van der Waals surface area contributed by atoms with Gasteiger partial charge in [-0.25, -0.2) is 4.79 Å². The van der Waals surface area contributed by atoms with Gasteiger partial charge in [-0.05, 0) is 18.9 Å². The molecule has 0 spiro atoms. The van der Waals surface area contributed by atoms with Crippen molar-refractivity contribution in [1.82, 2.24) is 15.2 Å². The molecule has 1 N–H and O–H groups in total. The van der Waals surface area contributed by atoms with E-state index in [0.717, 1.165) is 0 Å². The van der Waals surface area contributed by atoms with E-state index in [-0.39, 0.29) is 28.9 Å². The Morgan fingerprint density at radius 1 is 1.27 bits per heavy atom. The van der Waals surface area contributed by atoms with Crippen LogP contribution in [-0.4, -0.2) is 54.9 Å². The van der Waals surface area contributed by atoms with Crippen LogP contribution >= 0.6 is 0 Å². The third kappa shape index (κ3) is 3.24. The highest BCUT2D eigenvalue weighted by Gasteiger charge is 2.29. The number of ether oxygens (including phenoxy) is 1. The SMILES string of the molecule is CNC(=O)C1CCN(C(=O)c2cnccc2C(=O)OC)CC1. The van der Waals surface area contributed by atoms with E-state index in [9.17, 15) is 14.4 Å². The Kier molecular flexibility index (Phi) is 5.08. The number of esters is 1. The number of aromatic nitrogens is 1. The Morgan fingerprint density at radius 3 is 2.55 bits per heavy atom. The molecule has 0 unspecified atom stereocenters. The summed E-state index contributed by atoms with van der Waals surface area (Å²) in [5, 5.41) is 2.63. The minimum atomic E-state index is -0.564. The molecule has 0 aliphatic carbocycles. The molecule has 0 saturated carbocycles. The van der Waals surface area contributed by atoms with Crippen molar-refractivity contribution in [2.45, 2.75) is 12.8 Å². The van der Waals surface area contributed by atoms with Gasteiger partial charge in [0, 0.05) is 38.4 Å². The number of hydrogen-bond acceptors (Lipinski definition) is 5. The number of amides is 2. The number of rotatable bonds is 3. The van der Waals surface area contributed by atoms with E-state index in [1.165, 1.54) is 25.6 Å². The normalized spacial score (nSPS) is 15.3. The lowest BCUT2D eigenvalue weighted by atomic mass is 9.95. The number of hydrogen-bond donors (Lipinski definition) is 1. The van der Waals surface area contributed by atoms with E-state index in [2.05, 4.69) is 15.0 Å². The predicted octanol–water partition coefficient (Wildman–Crippen LogP) is 0.466. The zero-order valence-corrected chi connectivity index (χ0v) is 12.7. The minimum absolute atomic E-state index is 0.00345. The number of carbonyl (C=O) groups excluding carboxylic acids is 3. The van der Waals surface area contributed by atoms with Gasteiger partial charge in [0.2, 0.25) is 5.91 Å². The summed E-state index contributed by atoms with van der Waals surface area (Å²) in [6.07, 6.45) is 4.04. The van der Waals surface area contributed by atoms with E-state index >= 15 is 0 Å². The molecule has 1 aromatic rings. The smallest absolute Gasteiger partial charge is 0.338 e. The van der Waals surface area contributed by atoms with Gasteiger partial charge in [-0.2, -0.15) is 0 Å². The van der Waals surface area contributed by atoms with Crippen LogP contribution in [0.15, 0.2) is 18.5 Å². The maximum atomic E-state index is 12.6. The number of pyridine rings is 1. The first-order valence-corrected chi connectivity index (χ1v) is 7.11. The van der Waals surface area contributed by atoms with Gasteiger partial charge in [0.1, 0.15) is 0 Å². The molecule has 22 heavy (non-hydrogen) atoms. The number of carbonyl (C=O) groups is 3. The molecule has 1 aliphatic rings. The molecule has 2 amide bonds. The Balaban J connectivity index is 2.11. The summed E-state index contributed by atoms with van der Waals surface area (Å²) in [6, 6.07) is 1.47. The van der Waals surface area contributed by atoms with Crippen LogP contribution in [0.2, 0.25) is 0 Å². The molecule has 7 heteroatoms. The van der Waals surface area contributed by atoms with Crippen molar-refractivity contribution in [2.75, 3.05) is 27.2 Å². The molecule has 0 radical (unpaired) electrons. The second-order valence-corrected chi connectivity index (χ2v) is 5.09. The summed E-state index contributed by atoms with van der Waals surface area (Å²) in [6.45, 7) is 0.957.